The quantitative estimate of drug-likeness (QED) is 0.432. The molecule has 0 bridgehead atoms. The van der Waals surface area contributed by atoms with Gasteiger partial charge in [-0.05, 0) is 55.2 Å². The molecule has 1 saturated carbocycles. The minimum absolute atomic E-state index is 0.0536. The highest BCUT2D eigenvalue weighted by atomic mass is 35.5. The number of halogens is 2. The number of benzene rings is 3. The van der Waals surface area contributed by atoms with Crippen molar-refractivity contribution in [2.45, 2.75) is 37.7 Å². The second kappa shape index (κ2) is 9.63. The largest absolute Gasteiger partial charge is 0.507 e. The Morgan fingerprint density at radius 3 is 2.55 bits per heavy atom. The number of nitrogens with one attached hydrogen (secondary N) is 1. The molecule has 0 radical (unpaired) electrons. The van der Waals surface area contributed by atoms with Gasteiger partial charge in [0.2, 0.25) is 0 Å². The van der Waals surface area contributed by atoms with E-state index >= 15 is 0 Å². The first kappa shape index (κ1) is 21.5. The lowest BCUT2D eigenvalue weighted by atomic mass is 9.81. The van der Waals surface area contributed by atoms with E-state index in [2.05, 4.69) is 29.6 Å². The fourth-order valence-electron chi connectivity index (χ4n) is 4.05. The number of ether oxygens (including phenoxy) is 1. The van der Waals surface area contributed by atoms with Gasteiger partial charge in [-0.25, -0.2) is 0 Å². The highest BCUT2D eigenvalue weighted by Gasteiger charge is 2.28. The minimum Gasteiger partial charge on any atom is -0.507 e. The number of phenolic OH excluding ortho intramolecular Hbond substituents is 1. The van der Waals surface area contributed by atoms with Crippen molar-refractivity contribution in [3.05, 3.63) is 87.9 Å². The van der Waals surface area contributed by atoms with Crippen molar-refractivity contribution in [3.63, 3.8) is 0 Å². The van der Waals surface area contributed by atoms with Gasteiger partial charge in [0.15, 0.2) is 0 Å². The summed E-state index contributed by atoms with van der Waals surface area (Å²) >= 11 is 12.3. The molecular weight excluding hydrogens is 433 g/mol. The molecule has 1 aliphatic rings. The fourth-order valence-corrected chi connectivity index (χ4v) is 4.38. The van der Waals surface area contributed by atoms with Gasteiger partial charge in [-0.2, -0.15) is 0 Å². The Balaban J connectivity index is 1.53. The van der Waals surface area contributed by atoms with Gasteiger partial charge in [0, 0.05) is 17.0 Å². The van der Waals surface area contributed by atoms with Gasteiger partial charge in [-0.1, -0.05) is 60.0 Å². The van der Waals surface area contributed by atoms with E-state index in [1.54, 1.807) is 12.1 Å². The zero-order chi connectivity index (χ0) is 21.8. The Morgan fingerprint density at radius 1 is 0.968 bits per heavy atom. The zero-order valence-electron chi connectivity index (χ0n) is 16.9. The predicted octanol–water partition coefficient (Wildman–Crippen LogP) is 7.06. The average Bonchev–Trinajstić information content (AvgIpc) is 2.78. The maximum absolute atomic E-state index is 12.6. The molecule has 0 aromatic heterocycles. The highest BCUT2D eigenvalue weighted by molar-refractivity contribution is 6.34. The number of carbonyl (C=O) groups is 1. The van der Waals surface area contributed by atoms with Crippen molar-refractivity contribution < 1.29 is 14.6 Å². The van der Waals surface area contributed by atoms with Crippen LogP contribution in [0.2, 0.25) is 10.0 Å². The van der Waals surface area contributed by atoms with Crippen LogP contribution in [0.3, 0.4) is 0 Å². The fraction of sp³-hybridized carbons (Fsp3) is 0.240. The van der Waals surface area contributed by atoms with Crippen LogP contribution >= 0.6 is 23.2 Å². The molecule has 2 atom stereocenters. The van der Waals surface area contributed by atoms with Crippen LogP contribution < -0.4 is 10.1 Å². The van der Waals surface area contributed by atoms with Crippen LogP contribution in [0.15, 0.2) is 66.7 Å². The summed E-state index contributed by atoms with van der Waals surface area (Å²) in [6.07, 6.45) is 4.42. The second-order valence-electron chi connectivity index (χ2n) is 7.72. The molecule has 0 saturated heterocycles. The van der Waals surface area contributed by atoms with Crippen molar-refractivity contribution in [3.8, 4) is 11.5 Å². The van der Waals surface area contributed by atoms with Crippen molar-refractivity contribution in [1.82, 2.24) is 0 Å². The summed E-state index contributed by atoms with van der Waals surface area (Å²) < 4.78 is 6.37. The number of phenols is 1. The zero-order valence-corrected chi connectivity index (χ0v) is 18.4. The molecule has 0 aliphatic heterocycles. The average molecular weight is 456 g/mol. The molecule has 160 valence electrons. The van der Waals surface area contributed by atoms with E-state index in [1.165, 1.54) is 30.2 Å². The van der Waals surface area contributed by atoms with Crippen LogP contribution in [0.1, 0.15) is 47.5 Å². The van der Waals surface area contributed by atoms with E-state index < -0.39 is 5.91 Å². The lowest BCUT2D eigenvalue weighted by molar-refractivity contribution is 0.102. The lowest BCUT2D eigenvalue weighted by Gasteiger charge is -2.32. The topological polar surface area (TPSA) is 58.6 Å². The molecule has 1 fully saturated rings. The molecule has 4 nitrogen and oxygen atoms in total. The standard InChI is InChI=1S/C25H23Cl2NO3/c26-17-10-13-23(29)20(14-17)25(30)28-22-15-18(11-12-21(22)27)31-24-9-5-4-8-19(24)16-6-2-1-3-7-16/h1-3,6-7,10-15,19,24,29H,4-5,8-9H2,(H,28,30). The van der Waals surface area contributed by atoms with Crippen LogP contribution in [0.5, 0.6) is 11.5 Å². The molecule has 3 aromatic carbocycles. The number of rotatable bonds is 5. The van der Waals surface area contributed by atoms with Gasteiger partial charge in [0.1, 0.15) is 17.6 Å². The number of carbonyl (C=O) groups excluding carboxylic acids is 1. The summed E-state index contributed by atoms with van der Waals surface area (Å²) in [5.74, 6) is 0.312. The van der Waals surface area contributed by atoms with Crippen LogP contribution in [0.25, 0.3) is 0 Å². The van der Waals surface area contributed by atoms with Crippen LogP contribution in [-0.2, 0) is 0 Å². The maximum atomic E-state index is 12.6. The lowest BCUT2D eigenvalue weighted by Crippen LogP contribution is -2.28. The third-order valence-corrected chi connectivity index (χ3v) is 6.17. The number of hydrogen-bond acceptors (Lipinski definition) is 3. The molecule has 1 amide bonds. The molecule has 2 N–H and O–H groups in total. The van der Waals surface area contributed by atoms with Gasteiger partial charge in [0.25, 0.3) is 5.91 Å². The summed E-state index contributed by atoms with van der Waals surface area (Å²) in [7, 11) is 0. The molecule has 0 heterocycles. The molecule has 0 spiro atoms. The first-order valence-corrected chi connectivity index (χ1v) is 11.1. The Kier molecular flexibility index (Phi) is 6.69. The summed E-state index contributed by atoms with van der Waals surface area (Å²) in [5.41, 5.74) is 1.77. The van der Waals surface area contributed by atoms with Gasteiger partial charge in [0.05, 0.1) is 16.3 Å². The molecule has 1 aliphatic carbocycles. The second-order valence-corrected chi connectivity index (χ2v) is 8.56. The number of amides is 1. The van der Waals surface area contributed by atoms with Crippen molar-refractivity contribution >= 4 is 34.8 Å². The van der Waals surface area contributed by atoms with E-state index in [1.807, 2.05) is 12.1 Å². The van der Waals surface area contributed by atoms with Crippen molar-refractivity contribution in [1.29, 1.82) is 0 Å². The smallest absolute Gasteiger partial charge is 0.259 e. The predicted molar refractivity (Wildman–Crippen MR) is 125 cm³/mol. The number of aromatic hydroxyl groups is 1. The SMILES string of the molecule is O=C(Nc1cc(OC2CCCCC2c2ccccc2)ccc1Cl)c1cc(Cl)ccc1O. The molecule has 2 unspecified atom stereocenters. The number of anilines is 1. The third-order valence-electron chi connectivity index (χ3n) is 5.61. The van der Waals surface area contributed by atoms with Crippen LogP contribution in [0.4, 0.5) is 5.69 Å². The van der Waals surface area contributed by atoms with Crippen LogP contribution in [-0.4, -0.2) is 17.1 Å². The third kappa shape index (κ3) is 5.15. The molecule has 3 aromatic rings. The summed E-state index contributed by atoms with van der Waals surface area (Å²) in [6, 6.07) is 20.0. The summed E-state index contributed by atoms with van der Waals surface area (Å²) in [6.45, 7) is 0. The first-order valence-electron chi connectivity index (χ1n) is 10.3. The van der Waals surface area contributed by atoms with Gasteiger partial charge in [-0.15, -0.1) is 0 Å². The molecule has 31 heavy (non-hydrogen) atoms. The van der Waals surface area contributed by atoms with E-state index in [9.17, 15) is 9.90 Å². The van der Waals surface area contributed by atoms with Crippen molar-refractivity contribution in [2.75, 3.05) is 5.32 Å². The molecule has 6 heteroatoms. The van der Waals surface area contributed by atoms with Crippen LogP contribution in [0, 0.1) is 0 Å². The van der Waals surface area contributed by atoms with Gasteiger partial charge in [-0.3, -0.25) is 4.79 Å². The first-order chi connectivity index (χ1) is 15.0. The molecular formula is C25H23Cl2NO3. The highest BCUT2D eigenvalue weighted by Crippen LogP contribution is 2.37. The molecule has 4 rings (SSSR count). The van der Waals surface area contributed by atoms with E-state index in [-0.39, 0.29) is 17.4 Å². The summed E-state index contributed by atoms with van der Waals surface area (Å²) in [4.78, 5) is 12.6. The van der Waals surface area contributed by atoms with Crippen molar-refractivity contribution in [2.24, 2.45) is 0 Å². The Hall–Kier alpha value is -2.69. The Bertz CT molecular complexity index is 1070. The van der Waals surface area contributed by atoms with E-state index in [0.717, 1.165) is 19.3 Å². The monoisotopic (exact) mass is 455 g/mol. The normalized spacial score (nSPS) is 18.4. The Morgan fingerprint density at radius 2 is 1.74 bits per heavy atom. The summed E-state index contributed by atoms with van der Waals surface area (Å²) in [5, 5.41) is 13.5. The maximum Gasteiger partial charge on any atom is 0.259 e. The van der Waals surface area contributed by atoms with Gasteiger partial charge >= 0.3 is 0 Å². The number of hydrogen-bond donors (Lipinski definition) is 2. The van der Waals surface area contributed by atoms with E-state index in [0.29, 0.717) is 27.4 Å². The Labute approximate surface area is 191 Å². The minimum atomic E-state index is -0.501. The van der Waals surface area contributed by atoms with Gasteiger partial charge < -0.3 is 15.2 Å². The van der Waals surface area contributed by atoms with E-state index in [4.69, 9.17) is 27.9 Å².